The highest BCUT2D eigenvalue weighted by Crippen LogP contribution is 2.28. The minimum atomic E-state index is 0.495. The summed E-state index contributed by atoms with van der Waals surface area (Å²) in [6.45, 7) is 0. The molecule has 1 aromatic heterocycles. The molecule has 0 unspecified atom stereocenters. The monoisotopic (exact) mass is 238 g/mol. The zero-order valence-corrected chi connectivity index (χ0v) is 10.3. The number of nitrogens with one attached hydrogen (secondary N) is 1. The molecule has 0 radical (unpaired) electrons. The van der Waals surface area contributed by atoms with Crippen LogP contribution in [0.1, 0.15) is 25.7 Å². The molecule has 88 valence electrons. The van der Waals surface area contributed by atoms with Crippen molar-refractivity contribution in [1.82, 2.24) is 9.97 Å². The summed E-state index contributed by atoms with van der Waals surface area (Å²) in [5, 5.41) is 4.22. The van der Waals surface area contributed by atoms with E-state index in [1.165, 1.54) is 25.7 Å². The number of nitrogen functional groups attached to an aromatic ring is 1. The van der Waals surface area contributed by atoms with Gasteiger partial charge >= 0.3 is 0 Å². The summed E-state index contributed by atoms with van der Waals surface area (Å²) in [7, 11) is 0. The fraction of sp³-hybridized carbons (Fsp3) is 0.636. The van der Waals surface area contributed by atoms with E-state index in [0.717, 1.165) is 11.1 Å². The van der Waals surface area contributed by atoms with E-state index < -0.39 is 0 Å². The maximum absolute atomic E-state index is 5.75. The average Bonchev–Trinajstić information content (AvgIpc) is 2.33. The second-order valence-corrected chi connectivity index (χ2v) is 5.28. The van der Waals surface area contributed by atoms with Crippen LogP contribution in [0, 0.1) is 0 Å². The summed E-state index contributed by atoms with van der Waals surface area (Å²) in [5.74, 6) is 1.23. The van der Waals surface area contributed by atoms with Crippen molar-refractivity contribution in [3.05, 3.63) is 12.4 Å². The van der Waals surface area contributed by atoms with Crippen LogP contribution in [0.2, 0.25) is 0 Å². The number of nitrogens with two attached hydrogens (primary N) is 1. The molecule has 2 rings (SSSR count). The van der Waals surface area contributed by atoms with Crippen LogP contribution in [0.4, 0.5) is 11.6 Å². The first-order valence-electron chi connectivity index (χ1n) is 5.65. The SMILES string of the molecule is CSC1CCC(Nc2nccnc2N)CC1. The Bertz CT molecular complexity index is 337. The van der Waals surface area contributed by atoms with Gasteiger partial charge in [0.15, 0.2) is 11.6 Å². The number of aromatic nitrogens is 2. The summed E-state index contributed by atoms with van der Waals surface area (Å²) in [4.78, 5) is 8.23. The molecule has 1 aliphatic carbocycles. The van der Waals surface area contributed by atoms with E-state index in [4.69, 9.17) is 5.73 Å². The second-order valence-electron chi connectivity index (χ2n) is 4.14. The molecule has 0 aliphatic heterocycles. The van der Waals surface area contributed by atoms with Gasteiger partial charge in [0.1, 0.15) is 0 Å². The van der Waals surface area contributed by atoms with E-state index in [0.29, 0.717) is 11.9 Å². The van der Waals surface area contributed by atoms with Gasteiger partial charge in [-0.2, -0.15) is 11.8 Å². The molecule has 0 amide bonds. The van der Waals surface area contributed by atoms with Crippen LogP contribution in [0.5, 0.6) is 0 Å². The Labute approximate surface area is 100 Å². The normalized spacial score (nSPS) is 25.3. The van der Waals surface area contributed by atoms with E-state index in [-0.39, 0.29) is 0 Å². The number of thioether (sulfide) groups is 1. The predicted octanol–water partition coefficient (Wildman–Crippen LogP) is 2.14. The molecule has 1 fully saturated rings. The maximum atomic E-state index is 5.75. The highest BCUT2D eigenvalue weighted by molar-refractivity contribution is 7.99. The smallest absolute Gasteiger partial charge is 0.169 e. The molecule has 0 saturated heterocycles. The molecule has 16 heavy (non-hydrogen) atoms. The maximum Gasteiger partial charge on any atom is 0.169 e. The summed E-state index contributed by atoms with van der Waals surface area (Å²) < 4.78 is 0. The lowest BCUT2D eigenvalue weighted by molar-refractivity contribution is 0.472. The third-order valence-corrected chi connectivity index (χ3v) is 4.21. The zero-order chi connectivity index (χ0) is 11.4. The lowest BCUT2D eigenvalue weighted by atomic mass is 9.95. The first-order chi connectivity index (χ1) is 7.79. The molecule has 1 saturated carbocycles. The average molecular weight is 238 g/mol. The summed E-state index contributed by atoms with van der Waals surface area (Å²) >= 11 is 1.98. The fourth-order valence-electron chi connectivity index (χ4n) is 2.10. The van der Waals surface area contributed by atoms with Gasteiger partial charge in [0.2, 0.25) is 0 Å². The number of nitrogens with zero attached hydrogens (tertiary/aromatic N) is 2. The van der Waals surface area contributed by atoms with Crippen molar-refractivity contribution in [2.45, 2.75) is 37.0 Å². The van der Waals surface area contributed by atoms with Crippen molar-refractivity contribution in [3.8, 4) is 0 Å². The predicted molar refractivity (Wildman–Crippen MR) is 69.6 cm³/mol. The van der Waals surface area contributed by atoms with E-state index in [1.54, 1.807) is 12.4 Å². The molecule has 3 N–H and O–H groups in total. The van der Waals surface area contributed by atoms with Crippen LogP contribution in [0.3, 0.4) is 0 Å². The van der Waals surface area contributed by atoms with Gasteiger partial charge in [-0.3, -0.25) is 0 Å². The third-order valence-electron chi connectivity index (χ3n) is 3.07. The molecule has 0 spiro atoms. The molecule has 0 atom stereocenters. The van der Waals surface area contributed by atoms with Crippen molar-refractivity contribution < 1.29 is 0 Å². The molecular weight excluding hydrogens is 220 g/mol. The van der Waals surface area contributed by atoms with Crippen molar-refractivity contribution in [2.24, 2.45) is 0 Å². The van der Waals surface area contributed by atoms with Gasteiger partial charge in [0.25, 0.3) is 0 Å². The van der Waals surface area contributed by atoms with E-state index in [9.17, 15) is 0 Å². The number of rotatable bonds is 3. The minimum Gasteiger partial charge on any atom is -0.381 e. The quantitative estimate of drug-likeness (QED) is 0.844. The van der Waals surface area contributed by atoms with Crippen LogP contribution < -0.4 is 11.1 Å². The van der Waals surface area contributed by atoms with Gasteiger partial charge < -0.3 is 11.1 Å². The van der Waals surface area contributed by atoms with Gasteiger partial charge in [-0.1, -0.05) is 0 Å². The Hall–Kier alpha value is -0.970. The Morgan fingerprint density at radius 3 is 2.56 bits per heavy atom. The summed E-state index contributed by atoms with van der Waals surface area (Å²) in [6.07, 6.45) is 10.4. The van der Waals surface area contributed by atoms with Crippen molar-refractivity contribution in [3.63, 3.8) is 0 Å². The van der Waals surface area contributed by atoms with Crippen LogP contribution in [0.25, 0.3) is 0 Å². The topological polar surface area (TPSA) is 63.8 Å². The molecule has 1 aliphatic rings. The van der Waals surface area contributed by atoms with Gasteiger partial charge in [0.05, 0.1) is 0 Å². The van der Waals surface area contributed by atoms with Crippen LogP contribution in [-0.2, 0) is 0 Å². The Kier molecular flexibility index (Phi) is 3.88. The molecule has 4 nitrogen and oxygen atoms in total. The highest BCUT2D eigenvalue weighted by Gasteiger charge is 2.20. The fourth-order valence-corrected chi connectivity index (χ4v) is 2.84. The number of hydrogen-bond donors (Lipinski definition) is 2. The zero-order valence-electron chi connectivity index (χ0n) is 9.52. The standard InChI is InChI=1S/C11H18N4S/c1-16-9-4-2-8(3-5-9)15-11-10(12)13-6-7-14-11/h6-9H,2-5H2,1H3,(H2,12,13)(H,14,15). The molecule has 0 bridgehead atoms. The minimum absolute atomic E-state index is 0.495. The molecular formula is C11H18N4S. The van der Waals surface area contributed by atoms with Gasteiger partial charge in [0, 0.05) is 23.7 Å². The van der Waals surface area contributed by atoms with Crippen LogP contribution in [-0.4, -0.2) is 27.5 Å². The van der Waals surface area contributed by atoms with E-state index >= 15 is 0 Å². The Morgan fingerprint density at radius 1 is 1.25 bits per heavy atom. The third kappa shape index (κ3) is 2.78. The second kappa shape index (κ2) is 5.39. The van der Waals surface area contributed by atoms with Crippen molar-refractivity contribution in [1.29, 1.82) is 0 Å². The summed E-state index contributed by atoms with van der Waals surface area (Å²) in [5.41, 5.74) is 5.75. The van der Waals surface area contributed by atoms with Crippen molar-refractivity contribution in [2.75, 3.05) is 17.3 Å². The highest BCUT2D eigenvalue weighted by atomic mass is 32.2. The lowest BCUT2D eigenvalue weighted by Crippen LogP contribution is -2.27. The van der Waals surface area contributed by atoms with E-state index in [1.807, 2.05) is 11.8 Å². The van der Waals surface area contributed by atoms with Crippen LogP contribution >= 0.6 is 11.8 Å². The van der Waals surface area contributed by atoms with E-state index in [2.05, 4.69) is 21.5 Å². The summed E-state index contributed by atoms with van der Waals surface area (Å²) in [6, 6.07) is 0.502. The van der Waals surface area contributed by atoms with Crippen molar-refractivity contribution >= 4 is 23.4 Å². The van der Waals surface area contributed by atoms with Gasteiger partial charge in [-0.05, 0) is 31.9 Å². The Balaban J connectivity index is 1.89. The number of anilines is 2. The first kappa shape index (κ1) is 11.5. The molecule has 5 heteroatoms. The molecule has 0 aromatic carbocycles. The molecule has 1 aromatic rings. The van der Waals surface area contributed by atoms with Crippen LogP contribution in [0.15, 0.2) is 12.4 Å². The van der Waals surface area contributed by atoms with Gasteiger partial charge in [-0.15, -0.1) is 0 Å². The number of hydrogen-bond acceptors (Lipinski definition) is 5. The van der Waals surface area contributed by atoms with Gasteiger partial charge in [-0.25, -0.2) is 9.97 Å². The largest absolute Gasteiger partial charge is 0.381 e. The lowest BCUT2D eigenvalue weighted by Gasteiger charge is -2.28. The Morgan fingerprint density at radius 2 is 1.94 bits per heavy atom. The first-order valence-corrected chi connectivity index (χ1v) is 6.94. The molecule has 1 heterocycles.